The lowest BCUT2D eigenvalue weighted by Gasteiger charge is -2.38. The Morgan fingerprint density at radius 3 is 2.38 bits per heavy atom. The second-order valence-corrected chi connectivity index (χ2v) is 8.49. The van der Waals surface area contributed by atoms with Gasteiger partial charge >= 0.3 is 0 Å². The Balaban J connectivity index is 1.68. The molecule has 0 aromatic heterocycles. The summed E-state index contributed by atoms with van der Waals surface area (Å²) in [4.78, 5) is 26.8. The summed E-state index contributed by atoms with van der Waals surface area (Å²) in [5.74, 6) is 9.52. The number of carbonyl (C=O) groups excluding carboxylic acids is 2. The first-order valence-corrected chi connectivity index (χ1v) is 10.6. The third kappa shape index (κ3) is 2.28. The molecule has 34 heavy (non-hydrogen) atoms. The Kier molecular flexibility index (Phi) is 4.13. The molecule has 2 aromatic rings. The van der Waals surface area contributed by atoms with Crippen molar-refractivity contribution in [3.8, 4) is 29.4 Å². The number of aliphatic hydroxyl groups excluding tert-OH is 3. The van der Waals surface area contributed by atoms with Gasteiger partial charge in [0.15, 0.2) is 28.9 Å². The molecule has 2 aromatic carbocycles. The minimum Gasteiger partial charge on any atom is -0.507 e. The molecule has 0 spiro atoms. The van der Waals surface area contributed by atoms with Gasteiger partial charge in [0.2, 0.25) is 0 Å². The van der Waals surface area contributed by atoms with E-state index < -0.39 is 53.4 Å². The summed E-state index contributed by atoms with van der Waals surface area (Å²) >= 11 is 0. The van der Waals surface area contributed by atoms with Gasteiger partial charge in [-0.15, -0.1) is 0 Å². The van der Waals surface area contributed by atoms with E-state index in [2.05, 4.69) is 29.0 Å². The van der Waals surface area contributed by atoms with Gasteiger partial charge in [0.25, 0.3) is 0 Å². The number of phenols is 1. The van der Waals surface area contributed by atoms with Crippen LogP contribution in [0, 0.1) is 23.7 Å². The molecule has 6 rings (SSSR count). The first-order chi connectivity index (χ1) is 16.4. The Morgan fingerprint density at radius 1 is 1.06 bits per heavy atom. The van der Waals surface area contributed by atoms with Crippen LogP contribution in [-0.4, -0.2) is 62.5 Å². The number of rotatable bonds is 2. The SMILES string of the molecule is O=C1c2ccccc2C(=O)c2c3c(cc(O)c21)[C@@]12O[C@@]1([C@H](O)CO)[C@H](C#C/C=C\C#C[C@H]2O)N3. The predicted octanol–water partition coefficient (Wildman–Crippen LogP) is 0.217. The van der Waals surface area contributed by atoms with E-state index in [1.54, 1.807) is 12.1 Å². The highest BCUT2D eigenvalue weighted by atomic mass is 16.7. The van der Waals surface area contributed by atoms with Crippen LogP contribution in [0.3, 0.4) is 0 Å². The molecular weight excluding hydrogens is 438 g/mol. The lowest BCUT2D eigenvalue weighted by Crippen LogP contribution is -2.56. The van der Waals surface area contributed by atoms with Crippen LogP contribution in [0.4, 0.5) is 5.69 Å². The molecule has 2 bridgehead atoms. The fourth-order valence-electron chi connectivity index (χ4n) is 5.40. The van der Waals surface area contributed by atoms with Crippen LogP contribution in [-0.2, 0) is 10.3 Å². The molecular formula is C26H17NO7. The number of phenolic OH excluding ortho intramolecular Hbond substituents is 1. The Morgan fingerprint density at radius 2 is 1.71 bits per heavy atom. The molecule has 4 aliphatic rings. The van der Waals surface area contributed by atoms with Gasteiger partial charge in [0.1, 0.15) is 17.9 Å². The monoisotopic (exact) mass is 455 g/mol. The third-order valence-corrected chi connectivity index (χ3v) is 6.91. The fraction of sp³-hybridized carbons (Fsp3) is 0.231. The minimum atomic E-state index is -1.72. The fourth-order valence-corrected chi connectivity index (χ4v) is 5.40. The molecule has 0 saturated carbocycles. The van der Waals surface area contributed by atoms with Gasteiger partial charge < -0.3 is 30.5 Å². The van der Waals surface area contributed by atoms with E-state index in [4.69, 9.17) is 4.74 Å². The number of hydrogen-bond acceptors (Lipinski definition) is 8. The van der Waals surface area contributed by atoms with Crippen molar-refractivity contribution in [2.45, 2.75) is 29.5 Å². The van der Waals surface area contributed by atoms with Crippen molar-refractivity contribution >= 4 is 17.3 Å². The van der Waals surface area contributed by atoms with Gasteiger partial charge in [-0.2, -0.15) is 0 Å². The maximum atomic E-state index is 13.6. The van der Waals surface area contributed by atoms with Crippen molar-refractivity contribution < 1.29 is 34.8 Å². The number of aliphatic hydroxyl groups is 3. The summed E-state index contributed by atoms with van der Waals surface area (Å²) in [5.41, 5.74) is -2.93. The van der Waals surface area contributed by atoms with E-state index in [9.17, 15) is 30.0 Å². The number of carbonyl (C=O) groups is 2. The first kappa shape index (κ1) is 20.7. The summed E-state index contributed by atoms with van der Waals surface area (Å²) in [7, 11) is 0. The lowest BCUT2D eigenvalue weighted by molar-refractivity contribution is 0.0234. The highest BCUT2D eigenvalue weighted by molar-refractivity contribution is 6.31. The van der Waals surface area contributed by atoms with Gasteiger partial charge in [0.05, 0.1) is 23.4 Å². The largest absolute Gasteiger partial charge is 0.507 e. The standard InChI is InChI=1S/C26H17NO7/c28-12-19(31)26-17-9-3-1-2-4-10-18(30)25(26,34-26)15-11-16(29)20-21(22(15)27-17)24(33)14-8-6-5-7-13(14)23(20)32/h1-2,5-8,11,17-19,27-31H,12H2/b2-1-/t17-,18+,19+,25-,26+/m0/s1. The number of benzene rings is 2. The average Bonchev–Trinajstić information content (AvgIpc) is 3.57. The van der Waals surface area contributed by atoms with Gasteiger partial charge in [-0.25, -0.2) is 0 Å². The maximum absolute atomic E-state index is 13.6. The van der Waals surface area contributed by atoms with Crippen LogP contribution in [0.25, 0.3) is 0 Å². The molecule has 2 aliphatic carbocycles. The summed E-state index contributed by atoms with van der Waals surface area (Å²) in [6.07, 6.45) is -0.0860. The molecule has 8 nitrogen and oxygen atoms in total. The molecule has 2 aliphatic heterocycles. The third-order valence-electron chi connectivity index (χ3n) is 6.91. The summed E-state index contributed by atoms with van der Waals surface area (Å²) in [6, 6.07) is 6.56. The number of nitrogens with one attached hydrogen (secondary N) is 1. The van der Waals surface area contributed by atoms with E-state index in [0.717, 1.165) is 0 Å². The number of allylic oxidation sites excluding steroid dienone is 2. The van der Waals surface area contributed by atoms with Gasteiger partial charge in [-0.05, 0) is 18.2 Å². The van der Waals surface area contributed by atoms with Crippen molar-refractivity contribution in [1.29, 1.82) is 0 Å². The normalized spacial score (nSPS) is 31.0. The van der Waals surface area contributed by atoms with Crippen molar-refractivity contribution in [3.05, 3.63) is 70.3 Å². The number of epoxide rings is 1. The Bertz CT molecular complexity index is 1470. The van der Waals surface area contributed by atoms with E-state index >= 15 is 0 Å². The summed E-state index contributed by atoms with van der Waals surface area (Å²) in [6.45, 7) is -0.700. The minimum absolute atomic E-state index is 0.0692. The number of anilines is 1. The molecule has 0 amide bonds. The zero-order valence-corrected chi connectivity index (χ0v) is 17.5. The molecule has 2 heterocycles. The number of hydrogen-bond donors (Lipinski definition) is 5. The average molecular weight is 455 g/mol. The quantitative estimate of drug-likeness (QED) is 0.210. The number of aromatic hydroxyl groups is 1. The molecule has 1 saturated heterocycles. The second-order valence-electron chi connectivity index (χ2n) is 8.49. The van der Waals surface area contributed by atoms with Crippen LogP contribution < -0.4 is 5.32 Å². The molecule has 168 valence electrons. The van der Waals surface area contributed by atoms with E-state index in [-0.39, 0.29) is 33.5 Å². The van der Waals surface area contributed by atoms with Crippen LogP contribution in [0.1, 0.15) is 37.4 Å². The smallest absolute Gasteiger partial charge is 0.198 e. The van der Waals surface area contributed by atoms with Crippen LogP contribution >= 0.6 is 0 Å². The van der Waals surface area contributed by atoms with Crippen LogP contribution in [0.2, 0.25) is 0 Å². The maximum Gasteiger partial charge on any atom is 0.198 e. The summed E-state index contributed by atoms with van der Waals surface area (Å²) < 4.78 is 6.05. The van der Waals surface area contributed by atoms with E-state index in [0.29, 0.717) is 0 Å². The highest BCUT2D eigenvalue weighted by Crippen LogP contribution is 2.67. The summed E-state index contributed by atoms with van der Waals surface area (Å²) in [5, 5.41) is 45.8. The number of ether oxygens (including phenoxy) is 1. The predicted molar refractivity (Wildman–Crippen MR) is 118 cm³/mol. The lowest BCUT2D eigenvalue weighted by atomic mass is 9.69. The highest BCUT2D eigenvalue weighted by Gasteiger charge is 2.83. The van der Waals surface area contributed by atoms with Crippen molar-refractivity contribution in [1.82, 2.24) is 0 Å². The van der Waals surface area contributed by atoms with Gasteiger partial charge in [-0.1, -0.05) is 47.9 Å². The second kappa shape index (κ2) is 6.80. The van der Waals surface area contributed by atoms with Gasteiger partial charge in [0, 0.05) is 16.7 Å². The zero-order chi connectivity index (χ0) is 23.8. The Labute approximate surface area is 193 Å². The van der Waals surface area contributed by atoms with Gasteiger partial charge in [-0.3, -0.25) is 9.59 Å². The van der Waals surface area contributed by atoms with E-state index in [1.165, 1.54) is 30.4 Å². The molecule has 8 heteroatoms. The molecule has 0 radical (unpaired) electrons. The van der Waals surface area contributed by atoms with E-state index in [1.807, 2.05) is 0 Å². The topological polar surface area (TPSA) is 140 Å². The zero-order valence-electron chi connectivity index (χ0n) is 17.5. The van der Waals surface area contributed by atoms with Crippen molar-refractivity contribution in [2.24, 2.45) is 0 Å². The molecule has 5 N–H and O–H groups in total. The number of fused-ring (bicyclic) bond motifs is 4. The van der Waals surface area contributed by atoms with Crippen LogP contribution in [0.5, 0.6) is 5.75 Å². The van der Waals surface area contributed by atoms with Crippen molar-refractivity contribution in [2.75, 3.05) is 11.9 Å². The van der Waals surface area contributed by atoms with Crippen LogP contribution in [0.15, 0.2) is 42.5 Å². The van der Waals surface area contributed by atoms with Crippen molar-refractivity contribution in [3.63, 3.8) is 0 Å². The molecule has 0 unspecified atom stereocenters. The first-order valence-electron chi connectivity index (χ1n) is 10.6. The molecule has 5 atom stereocenters. The molecule has 1 fully saturated rings. The Hall–Kier alpha value is -3.92. The number of ketones is 2.